The molecule has 4 fully saturated rings. The van der Waals surface area contributed by atoms with Gasteiger partial charge in [0.15, 0.2) is 0 Å². The second-order valence-corrected chi connectivity index (χ2v) is 30.2. The molecule has 10 rings (SSSR count). The van der Waals surface area contributed by atoms with E-state index in [1.165, 1.54) is 153 Å². The Morgan fingerprint density at radius 1 is 0.600 bits per heavy atom. The van der Waals surface area contributed by atoms with Gasteiger partial charge in [0.25, 0.3) is 0 Å². The molecule has 6 aliphatic carbocycles. The molecule has 0 saturated heterocycles. The Bertz CT molecular complexity index is 2490. The van der Waals surface area contributed by atoms with Crippen LogP contribution in [0.2, 0.25) is 12.6 Å². The molecule has 0 radical (unpaired) electrons. The fourth-order valence-electron chi connectivity index (χ4n) is 11.2. The van der Waals surface area contributed by atoms with E-state index in [1.54, 1.807) is 0 Å². The van der Waals surface area contributed by atoms with Crippen LogP contribution in [0.15, 0.2) is 108 Å². The van der Waals surface area contributed by atoms with Crippen LogP contribution in [0.3, 0.4) is 0 Å². The first-order valence-electron chi connectivity index (χ1n) is 23.5. The Balaban J connectivity index is 0.000000177. The van der Waals surface area contributed by atoms with Crippen molar-refractivity contribution in [3.05, 3.63) is 140 Å². The average molecular weight is 1010 g/mol. The van der Waals surface area contributed by atoms with Crippen molar-refractivity contribution in [2.45, 2.75) is 142 Å². The van der Waals surface area contributed by atoms with E-state index < -0.39 is 18.0 Å². The fourth-order valence-corrected chi connectivity index (χ4v) is 12.8. The van der Waals surface area contributed by atoms with Gasteiger partial charge in [-0.25, -0.2) is 0 Å². The molecule has 0 spiro atoms. The van der Waals surface area contributed by atoms with Crippen molar-refractivity contribution in [3.8, 4) is 22.3 Å². The number of alkyl halides is 3. The zero-order valence-electron chi connectivity index (χ0n) is 39.4. The first-order valence-corrected chi connectivity index (χ1v) is 29.4. The van der Waals surface area contributed by atoms with Crippen LogP contribution < -0.4 is 45.7 Å². The van der Waals surface area contributed by atoms with Crippen molar-refractivity contribution in [1.82, 2.24) is 0 Å². The zero-order valence-corrected chi connectivity index (χ0v) is 44.4. The Hall–Kier alpha value is -2.69. The predicted octanol–water partition coefficient (Wildman–Crippen LogP) is 7.33. The van der Waals surface area contributed by atoms with Crippen LogP contribution in [0.25, 0.3) is 46.6 Å². The molecule has 0 aromatic heterocycles. The summed E-state index contributed by atoms with van der Waals surface area (Å²) in [6, 6.07) is 31.9. The van der Waals surface area contributed by atoms with Crippen LogP contribution >= 0.6 is 0 Å². The van der Waals surface area contributed by atoms with E-state index >= 15 is 0 Å². The first-order chi connectivity index (χ1) is 29.8. The number of benzene rings is 4. The molecule has 0 nitrogen and oxygen atoms in total. The molecule has 4 saturated carbocycles. The van der Waals surface area contributed by atoms with E-state index in [2.05, 4.69) is 163 Å². The van der Waals surface area contributed by atoms with E-state index in [-0.39, 0.29) is 35.6 Å². The van der Waals surface area contributed by atoms with Gasteiger partial charge in [-0.2, -0.15) is 0 Å². The van der Waals surface area contributed by atoms with Crippen molar-refractivity contribution < 1.29 is 61.3 Å². The minimum Gasteiger partial charge on any atom is -1.00 e. The molecule has 65 heavy (non-hydrogen) atoms. The molecular formula is C58H65Cl2F3SiZr-2. The minimum atomic E-state index is -3.93. The SMILES string of the molecule is CC(C)(C)c1ccc(-c2cccc3c2=CC(=CC24CCC(CC2)C4)[C-]=3)cc1.CC(C)(C)c1ccc(-c2cccc3c2=CC(=CC24CCC(CC2)C4)[C-]=3)cc1.C[Si](=[Zr+2])CCC(F)(F)F.[Cl-].[Cl-]. The standard InChI is InChI=1S/2C27H29.C4H7F3Si.2ClH.Zr/c2*1-26(2,3)23-9-7-21(8-10-23)24-6-4-5-22-15-20(16-25(22)24)18-27-13-11-19(17-27)12-14-27;1-8-3-2-4(5,6)7;;;/h2*4-10,16,18-19H,11-14,17H2,1-3H3;2-3H2,1H3;2*1H;/q2*-1;;;;+2/p-2. The number of rotatable bonds is 6. The summed E-state index contributed by atoms with van der Waals surface area (Å²) in [5, 5.41) is 5.19. The summed E-state index contributed by atoms with van der Waals surface area (Å²) in [7, 11) is 0. The summed E-state index contributed by atoms with van der Waals surface area (Å²) in [6.45, 7) is 15.6. The molecule has 342 valence electrons. The van der Waals surface area contributed by atoms with Gasteiger partial charge in [0.05, 0.1) is 0 Å². The minimum absolute atomic E-state index is 0. The van der Waals surface area contributed by atoms with Crippen LogP contribution in [0.4, 0.5) is 13.2 Å². The van der Waals surface area contributed by atoms with Gasteiger partial charge in [0.1, 0.15) is 0 Å². The average Bonchev–Trinajstić information content (AvgIpc) is 4.11. The van der Waals surface area contributed by atoms with Crippen molar-refractivity contribution in [1.29, 1.82) is 0 Å². The van der Waals surface area contributed by atoms with Gasteiger partial charge >= 0.3 is 67.1 Å². The molecule has 0 amide bonds. The molecule has 0 N–H and O–H groups in total. The third-order valence-electron chi connectivity index (χ3n) is 14.8. The fraction of sp³-hybridized carbons (Fsp3) is 0.448. The number of fused-ring (bicyclic) bond motifs is 6. The summed E-state index contributed by atoms with van der Waals surface area (Å²) in [5.41, 5.74) is 11.4. The van der Waals surface area contributed by atoms with Crippen LogP contribution in [0, 0.1) is 22.7 Å². The Kier molecular flexibility index (Phi) is 16.3. The van der Waals surface area contributed by atoms with Crippen molar-refractivity contribution in [2.75, 3.05) is 0 Å². The second-order valence-electron chi connectivity index (χ2n) is 21.8. The maximum atomic E-state index is 11.4. The summed E-state index contributed by atoms with van der Waals surface area (Å²) in [4.78, 5) is 0. The van der Waals surface area contributed by atoms with Gasteiger partial charge in [-0.05, 0) is 68.6 Å². The first kappa shape index (κ1) is 51.7. The zero-order chi connectivity index (χ0) is 44.8. The van der Waals surface area contributed by atoms with Crippen LogP contribution in [-0.4, -0.2) is 11.6 Å². The van der Waals surface area contributed by atoms with Gasteiger partial charge in [0.2, 0.25) is 0 Å². The molecule has 0 heterocycles. The molecule has 0 atom stereocenters. The molecule has 7 heteroatoms. The van der Waals surface area contributed by atoms with Crippen molar-refractivity contribution in [3.63, 3.8) is 0 Å². The van der Waals surface area contributed by atoms with Gasteiger partial charge in [-0.3, -0.25) is 0 Å². The van der Waals surface area contributed by atoms with Gasteiger partial charge in [-0.15, -0.1) is 80.6 Å². The topological polar surface area (TPSA) is 0 Å². The Morgan fingerprint density at radius 2 is 0.969 bits per heavy atom. The molecule has 4 aromatic carbocycles. The smallest absolute Gasteiger partial charge is 1.00 e. The maximum absolute atomic E-state index is 11.4. The number of hydrogen-bond donors (Lipinski definition) is 0. The Morgan fingerprint density at radius 3 is 1.25 bits per heavy atom. The second kappa shape index (κ2) is 20.5. The molecule has 4 aromatic rings. The summed E-state index contributed by atoms with van der Waals surface area (Å²) in [6.07, 6.45) is 26.8. The van der Waals surface area contributed by atoms with E-state index in [0.29, 0.717) is 16.9 Å². The third kappa shape index (κ3) is 12.5. The molecule has 6 aliphatic rings. The van der Waals surface area contributed by atoms with E-state index in [0.717, 1.165) is 11.8 Å². The predicted molar refractivity (Wildman–Crippen MR) is 257 cm³/mol. The monoisotopic (exact) mass is 1010 g/mol. The summed E-state index contributed by atoms with van der Waals surface area (Å²) >= 11 is 1.29. The van der Waals surface area contributed by atoms with E-state index in [4.69, 9.17) is 0 Å². The summed E-state index contributed by atoms with van der Waals surface area (Å²) in [5.74, 6) is 1.98. The number of allylic oxidation sites excluding steroid dienone is 4. The van der Waals surface area contributed by atoms with Crippen LogP contribution in [0.5, 0.6) is 0 Å². The molecule has 0 unspecified atom stereocenters. The maximum Gasteiger partial charge on any atom is -1.00 e. The van der Waals surface area contributed by atoms with Gasteiger partial charge in [0, 0.05) is 0 Å². The number of halogens is 5. The molecule has 0 aliphatic heterocycles. The quantitative estimate of drug-likeness (QED) is 0.140. The van der Waals surface area contributed by atoms with Gasteiger partial charge in [-0.1, -0.05) is 177 Å². The summed E-state index contributed by atoms with van der Waals surface area (Å²) < 4.78 is 34.3. The van der Waals surface area contributed by atoms with Crippen LogP contribution in [0.1, 0.15) is 123 Å². The number of hydrogen-bond acceptors (Lipinski definition) is 0. The van der Waals surface area contributed by atoms with Gasteiger partial charge < -0.3 is 24.8 Å². The van der Waals surface area contributed by atoms with E-state index in [9.17, 15) is 13.2 Å². The Labute approximate surface area is 415 Å². The molecule has 4 bridgehead atoms. The van der Waals surface area contributed by atoms with E-state index in [1.807, 2.05) is 6.55 Å². The van der Waals surface area contributed by atoms with Crippen LogP contribution in [-0.2, 0) is 34.2 Å². The molecular weight excluding hydrogens is 944 g/mol. The third-order valence-corrected chi connectivity index (χ3v) is 17.6. The normalized spacial score (nSPS) is 24.5. The largest absolute Gasteiger partial charge is 1.00 e. The van der Waals surface area contributed by atoms with Crippen molar-refractivity contribution in [2.24, 2.45) is 22.7 Å². The van der Waals surface area contributed by atoms with Crippen molar-refractivity contribution >= 4 is 29.7 Å².